The van der Waals surface area contributed by atoms with E-state index in [1.54, 1.807) is 36.4 Å². The first-order chi connectivity index (χ1) is 13.4. The lowest BCUT2D eigenvalue weighted by Gasteiger charge is -2.22. The van der Waals surface area contributed by atoms with Gasteiger partial charge < -0.3 is 4.74 Å². The number of anilines is 2. The smallest absolute Gasteiger partial charge is 0.355 e. The van der Waals surface area contributed by atoms with Crippen LogP contribution in [-0.2, 0) is 19.1 Å². The number of amides is 2. The number of carbonyl (C=O) groups excluding carboxylic acids is 3. The minimum atomic E-state index is -1.03. The Bertz CT molecular complexity index is 1000. The molecule has 0 spiro atoms. The Hall–Kier alpha value is -3.19. The third kappa shape index (κ3) is 2.75. The molecule has 2 aromatic carbocycles. The summed E-state index contributed by atoms with van der Waals surface area (Å²) >= 11 is 5.91. The Morgan fingerprint density at radius 1 is 1.00 bits per heavy atom. The standard InChI is InChI=1S/C20H16ClN3O4/c1-11-3-7-14(8-4-11)24-17-15(16(22-24)20(27)28-2)18(25)23(19(17)26)13-9-5-12(21)6-10-13/h3-10,15,17H,1-2H3. The maximum Gasteiger partial charge on any atom is 0.355 e. The molecule has 1 fully saturated rings. The van der Waals surface area contributed by atoms with Crippen molar-refractivity contribution < 1.29 is 19.1 Å². The van der Waals surface area contributed by atoms with E-state index in [0.29, 0.717) is 16.4 Å². The number of halogens is 1. The number of aryl methyl sites for hydroxylation is 1. The fourth-order valence-electron chi connectivity index (χ4n) is 3.44. The van der Waals surface area contributed by atoms with E-state index in [1.807, 2.05) is 19.1 Å². The number of ether oxygens (including phenoxy) is 1. The molecule has 7 nitrogen and oxygen atoms in total. The lowest BCUT2D eigenvalue weighted by molar-refractivity contribution is -0.133. The van der Waals surface area contributed by atoms with Crippen molar-refractivity contribution in [1.29, 1.82) is 0 Å². The molecule has 8 heteroatoms. The third-order valence-corrected chi connectivity index (χ3v) is 5.08. The molecule has 0 N–H and O–H groups in total. The molecular weight excluding hydrogens is 382 g/mol. The van der Waals surface area contributed by atoms with Gasteiger partial charge in [0.1, 0.15) is 12.0 Å². The van der Waals surface area contributed by atoms with Crippen LogP contribution in [-0.4, -0.2) is 36.6 Å². The molecule has 0 aromatic heterocycles. The fourth-order valence-corrected chi connectivity index (χ4v) is 3.57. The van der Waals surface area contributed by atoms with Crippen LogP contribution in [0.4, 0.5) is 11.4 Å². The fraction of sp³-hybridized carbons (Fsp3) is 0.200. The Balaban J connectivity index is 1.79. The van der Waals surface area contributed by atoms with Crippen molar-refractivity contribution >= 4 is 46.5 Å². The highest BCUT2D eigenvalue weighted by Crippen LogP contribution is 2.38. The van der Waals surface area contributed by atoms with Crippen molar-refractivity contribution in [2.24, 2.45) is 11.0 Å². The number of esters is 1. The Morgan fingerprint density at radius 2 is 1.61 bits per heavy atom. The summed E-state index contributed by atoms with van der Waals surface area (Å²) in [6, 6.07) is 12.7. The first-order valence-corrected chi connectivity index (χ1v) is 8.96. The van der Waals surface area contributed by atoms with Gasteiger partial charge in [0.05, 0.1) is 18.5 Å². The topological polar surface area (TPSA) is 79.3 Å². The first kappa shape index (κ1) is 18.2. The van der Waals surface area contributed by atoms with Gasteiger partial charge in [-0.3, -0.25) is 14.6 Å². The second kappa shape index (κ2) is 6.76. The normalized spacial score (nSPS) is 21.0. The van der Waals surface area contributed by atoms with Gasteiger partial charge in [-0.2, -0.15) is 5.10 Å². The van der Waals surface area contributed by atoms with Crippen LogP contribution in [0.1, 0.15) is 5.56 Å². The van der Waals surface area contributed by atoms with Gasteiger partial charge in [-0.05, 0) is 43.3 Å². The first-order valence-electron chi connectivity index (χ1n) is 8.58. The minimum Gasteiger partial charge on any atom is -0.464 e. The predicted octanol–water partition coefficient (Wildman–Crippen LogP) is 2.56. The molecule has 2 amide bonds. The van der Waals surface area contributed by atoms with Gasteiger partial charge in [-0.1, -0.05) is 29.3 Å². The highest BCUT2D eigenvalue weighted by Gasteiger charge is 2.59. The monoisotopic (exact) mass is 397 g/mol. The van der Waals surface area contributed by atoms with Crippen molar-refractivity contribution in [2.45, 2.75) is 13.0 Å². The second-order valence-electron chi connectivity index (χ2n) is 6.57. The number of imide groups is 1. The third-order valence-electron chi connectivity index (χ3n) is 4.83. The summed E-state index contributed by atoms with van der Waals surface area (Å²) in [5, 5.41) is 6.18. The molecule has 0 aliphatic carbocycles. The maximum absolute atomic E-state index is 13.2. The number of rotatable bonds is 3. The summed E-state index contributed by atoms with van der Waals surface area (Å²) < 4.78 is 4.79. The molecule has 2 heterocycles. The maximum atomic E-state index is 13.2. The van der Waals surface area contributed by atoms with Crippen molar-refractivity contribution in [3.63, 3.8) is 0 Å². The van der Waals surface area contributed by atoms with E-state index in [4.69, 9.17) is 16.3 Å². The average Bonchev–Trinajstić information content (AvgIpc) is 3.20. The Morgan fingerprint density at radius 3 is 2.21 bits per heavy atom. The van der Waals surface area contributed by atoms with Gasteiger partial charge in [0.15, 0.2) is 5.71 Å². The Kier molecular flexibility index (Phi) is 4.39. The largest absolute Gasteiger partial charge is 0.464 e. The summed E-state index contributed by atoms with van der Waals surface area (Å²) in [5.41, 5.74) is 1.96. The summed E-state index contributed by atoms with van der Waals surface area (Å²) in [7, 11) is 1.21. The van der Waals surface area contributed by atoms with E-state index in [0.717, 1.165) is 10.5 Å². The van der Waals surface area contributed by atoms with Crippen LogP contribution in [0, 0.1) is 12.8 Å². The Labute approximate surface area is 166 Å². The molecule has 2 atom stereocenters. The zero-order chi connectivity index (χ0) is 20.0. The molecule has 2 unspecified atom stereocenters. The molecule has 142 valence electrons. The molecular formula is C20H16ClN3O4. The number of hydrazone groups is 1. The van der Waals surface area contributed by atoms with E-state index < -0.39 is 29.7 Å². The number of nitrogens with zero attached hydrogens (tertiary/aromatic N) is 3. The summed E-state index contributed by atoms with van der Waals surface area (Å²) in [5.74, 6) is -2.74. The molecule has 0 radical (unpaired) electrons. The van der Waals surface area contributed by atoms with Gasteiger partial charge in [0, 0.05) is 5.02 Å². The lowest BCUT2D eigenvalue weighted by Crippen LogP contribution is -2.39. The van der Waals surface area contributed by atoms with Crippen LogP contribution in [0.25, 0.3) is 0 Å². The van der Waals surface area contributed by atoms with E-state index in [-0.39, 0.29) is 5.71 Å². The van der Waals surface area contributed by atoms with Crippen LogP contribution in [0.3, 0.4) is 0 Å². The van der Waals surface area contributed by atoms with Gasteiger partial charge >= 0.3 is 5.97 Å². The van der Waals surface area contributed by atoms with E-state index in [9.17, 15) is 14.4 Å². The molecule has 0 bridgehead atoms. The summed E-state index contributed by atoms with van der Waals surface area (Å²) in [6.45, 7) is 1.94. The molecule has 2 aliphatic rings. The average molecular weight is 398 g/mol. The van der Waals surface area contributed by atoms with Gasteiger partial charge in [0.25, 0.3) is 5.91 Å². The number of hydrogen-bond donors (Lipinski definition) is 0. The van der Waals surface area contributed by atoms with E-state index >= 15 is 0 Å². The number of hydrogen-bond acceptors (Lipinski definition) is 6. The molecule has 28 heavy (non-hydrogen) atoms. The molecule has 4 rings (SSSR count). The highest BCUT2D eigenvalue weighted by atomic mass is 35.5. The SMILES string of the molecule is COC(=O)C1=NN(c2ccc(C)cc2)C2C(=O)N(c3ccc(Cl)cc3)C(=O)C12. The van der Waals surface area contributed by atoms with E-state index in [2.05, 4.69) is 5.10 Å². The number of carbonyl (C=O) groups is 3. The van der Waals surface area contributed by atoms with Gasteiger partial charge in [0.2, 0.25) is 5.91 Å². The van der Waals surface area contributed by atoms with Crippen molar-refractivity contribution in [3.05, 3.63) is 59.1 Å². The second-order valence-corrected chi connectivity index (χ2v) is 7.00. The van der Waals surface area contributed by atoms with Gasteiger partial charge in [-0.15, -0.1) is 0 Å². The lowest BCUT2D eigenvalue weighted by atomic mass is 9.97. The minimum absolute atomic E-state index is 0.0807. The van der Waals surface area contributed by atoms with Crippen LogP contribution < -0.4 is 9.91 Å². The molecule has 2 aliphatic heterocycles. The van der Waals surface area contributed by atoms with Crippen molar-refractivity contribution in [1.82, 2.24) is 0 Å². The van der Waals surface area contributed by atoms with Crippen LogP contribution in [0.15, 0.2) is 53.6 Å². The van der Waals surface area contributed by atoms with Crippen LogP contribution >= 0.6 is 11.6 Å². The van der Waals surface area contributed by atoms with Crippen LogP contribution in [0.5, 0.6) is 0 Å². The van der Waals surface area contributed by atoms with Crippen LogP contribution in [0.2, 0.25) is 5.02 Å². The summed E-state index contributed by atoms with van der Waals surface area (Å²) in [4.78, 5) is 39.6. The number of methoxy groups -OCH3 is 1. The summed E-state index contributed by atoms with van der Waals surface area (Å²) in [6.07, 6.45) is 0. The number of benzene rings is 2. The van der Waals surface area contributed by atoms with Gasteiger partial charge in [-0.25, -0.2) is 9.69 Å². The van der Waals surface area contributed by atoms with E-state index in [1.165, 1.54) is 12.1 Å². The predicted molar refractivity (Wildman–Crippen MR) is 104 cm³/mol. The number of fused-ring (bicyclic) bond motifs is 1. The zero-order valence-corrected chi connectivity index (χ0v) is 15.9. The molecule has 2 aromatic rings. The van der Waals surface area contributed by atoms with Crippen molar-refractivity contribution in [3.8, 4) is 0 Å². The quantitative estimate of drug-likeness (QED) is 0.587. The molecule has 1 saturated heterocycles. The van der Waals surface area contributed by atoms with Crippen molar-refractivity contribution in [2.75, 3.05) is 17.0 Å². The molecule has 0 saturated carbocycles. The zero-order valence-electron chi connectivity index (χ0n) is 15.1. The highest BCUT2D eigenvalue weighted by molar-refractivity contribution is 6.47.